The predicted octanol–water partition coefficient (Wildman–Crippen LogP) is 2.69. The Morgan fingerprint density at radius 3 is 2.52 bits per heavy atom. The highest BCUT2D eigenvalue weighted by molar-refractivity contribution is 5.59. The van der Waals surface area contributed by atoms with E-state index in [1.807, 2.05) is 7.05 Å². The van der Waals surface area contributed by atoms with Crippen LogP contribution in [0.15, 0.2) is 0 Å². The van der Waals surface area contributed by atoms with Crippen LogP contribution in [0.4, 0.5) is 11.6 Å². The summed E-state index contributed by atoms with van der Waals surface area (Å²) in [5.74, 6) is 3.14. The molecule has 0 bridgehead atoms. The van der Waals surface area contributed by atoms with Crippen LogP contribution >= 0.6 is 0 Å². The first-order valence-electron chi connectivity index (χ1n) is 8.02. The Morgan fingerprint density at radius 1 is 1.33 bits per heavy atom. The fourth-order valence-corrected chi connectivity index (χ4v) is 2.70. The number of hydrogen-bond donors (Lipinski definition) is 2. The number of hydrogen-bond acceptors (Lipinski definition) is 5. The predicted molar refractivity (Wildman–Crippen MR) is 87.1 cm³/mol. The second-order valence-corrected chi connectivity index (χ2v) is 6.14. The van der Waals surface area contributed by atoms with Gasteiger partial charge >= 0.3 is 0 Å². The number of aliphatic hydroxyl groups is 1. The summed E-state index contributed by atoms with van der Waals surface area (Å²) in [7, 11) is 1.91. The number of rotatable bonds is 7. The highest BCUT2D eigenvalue weighted by atomic mass is 16.3. The van der Waals surface area contributed by atoms with Gasteiger partial charge in [-0.3, -0.25) is 0 Å². The maximum absolute atomic E-state index is 9.18. The molecule has 1 aliphatic carbocycles. The lowest BCUT2D eigenvalue weighted by atomic mass is 9.91. The minimum atomic E-state index is 0.225. The van der Waals surface area contributed by atoms with Crippen LogP contribution in [0, 0.1) is 6.92 Å². The topological polar surface area (TPSA) is 61.3 Å². The molecule has 2 N–H and O–H groups in total. The molecule has 1 fully saturated rings. The molecule has 118 valence electrons. The summed E-state index contributed by atoms with van der Waals surface area (Å²) < 4.78 is 0. The average molecular weight is 292 g/mol. The second kappa shape index (κ2) is 7.07. The Morgan fingerprint density at radius 2 is 2.05 bits per heavy atom. The van der Waals surface area contributed by atoms with Gasteiger partial charge in [-0.15, -0.1) is 0 Å². The molecule has 0 atom stereocenters. The molecule has 0 aliphatic heterocycles. The van der Waals surface area contributed by atoms with Crippen molar-refractivity contribution < 1.29 is 5.11 Å². The van der Waals surface area contributed by atoms with E-state index < -0.39 is 0 Å². The third-order valence-corrected chi connectivity index (χ3v) is 4.24. The number of nitrogens with one attached hydrogen (secondary N) is 1. The lowest BCUT2D eigenvalue weighted by Crippen LogP contribution is -2.42. The van der Waals surface area contributed by atoms with Crippen LogP contribution in [0.3, 0.4) is 0 Å². The van der Waals surface area contributed by atoms with Gasteiger partial charge in [0.15, 0.2) is 0 Å². The van der Waals surface area contributed by atoms with Crippen molar-refractivity contribution in [1.82, 2.24) is 9.97 Å². The zero-order valence-corrected chi connectivity index (χ0v) is 13.7. The molecule has 0 unspecified atom stereocenters. The van der Waals surface area contributed by atoms with Crippen molar-refractivity contribution in [1.29, 1.82) is 0 Å². The fourth-order valence-electron chi connectivity index (χ4n) is 2.70. The molecule has 1 heterocycles. The maximum atomic E-state index is 9.18. The molecule has 5 nitrogen and oxygen atoms in total. The second-order valence-electron chi connectivity index (χ2n) is 6.14. The van der Waals surface area contributed by atoms with Gasteiger partial charge in [-0.25, -0.2) is 9.97 Å². The molecular formula is C16H28N4O. The minimum absolute atomic E-state index is 0.225. The Kier molecular flexibility index (Phi) is 5.39. The van der Waals surface area contributed by atoms with Gasteiger partial charge in [-0.2, -0.15) is 0 Å². The highest BCUT2D eigenvalue weighted by Crippen LogP contribution is 2.33. The average Bonchev–Trinajstić information content (AvgIpc) is 2.41. The van der Waals surface area contributed by atoms with Gasteiger partial charge in [-0.05, 0) is 32.6 Å². The number of nitrogens with zero attached hydrogens (tertiary/aromatic N) is 3. The van der Waals surface area contributed by atoms with E-state index in [0.29, 0.717) is 12.0 Å². The Bertz CT molecular complexity index is 472. The van der Waals surface area contributed by atoms with Crippen LogP contribution in [-0.4, -0.2) is 41.3 Å². The van der Waals surface area contributed by atoms with Crippen molar-refractivity contribution in [2.75, 3.05) is 30.4 Å². The van der Waals surface area contributed by atoms with E-state index in [1.165, 1.54) is 19.3 Å². The van der Waals surface area contributed by atoms with Crippen LogP contribution in [0.5, 0.6) is 0 Å². The summed E-state index contributed by atoms with van der Waals surface area (Å²) in [6.07, 6.45) is 4.52. The normalized spacial score (nSPS) is 15.1. The third kappa shape index (κ3) is 3.46. The molecule has 0 radical (unpaired) electrons. The van der Waals surface area contributed by atoms with Gasteiger partial charge in [0.05, 0.1) is 0 Å². The van der Waals surface area contributed by atoms with E-state index in [2.05, 4.69) is 36.0 Å². The zero-order chi connectivity index (χ0) is 15.4. The van der Waals surface area contributed by atoms with E-state index >= 15 is 0 Å². The summed E-state index contributed by atoms with van der Waals surface area (Å²) in [5.41, 5.74) is 1.10. The van der Waals surface area contributed by atoms with Crippen molar-refractivity contribution in [2.24, 2.45) is 0 Å². The molecule has 0 saturated heterocycles. The lowest BCUT2D eigenvalue weighted by molar-refractivity contribution is 0.282. The largest absolute Gasteiger partial charge is 0.396 e. The molecule has 0 aromatic carbocycles. The van der Waals surface area contributed by atoms with E-state index in [9.17, 15) is 5.11 Å². The maximum Gasteiger partial charge on any atom is 0.137 e. The minimum Gasteiger partial charge on any atom is -0.396 e. The fraction of sp³-hybridized carbons (Fsp3) is 0.750. The molecule has 2 rings (SSSR count). The Labute approximate surface area is 127 Å². The molecule has 0 spiro atoms. The molecule has 5 heteroatoms. The van der Waals surface area contributed by atoms with E-state index in [-0.39, 0.29) is 6.61 Å². The van der Waals surface area contributed by atoms with Crippen LogP contribution < -0.4 is 10.2 Å². The van der Waals surface area contributed by atoms with Crippen LogP contribution in [0.1, 0.15) is 56.8 Å². The standard InChI is InChI=1S/C16H28N4O/c1-11(2)14-18-15(17-4)12(3)16(19-14)20(9-6-10-21)13-7-5-8-13/h11,13,21H,5-10H2,1-4H3,(H,17,18,19). The van der Waals surface area contributed by atoms with E-state index in [0.717, 1.165) is 36.0 Å². The van der Waals surface area contributed by atoms with Gasteiger partial charge < -0.3 is 15.3 Å². The first-order valence-corrected chi connectivity index (χ1v) is 8.02. The Balaban J connectivity index is 2.39. The summed E-state index contributed by atoms with van der Waals surface area (Å²) in [4.78, 5) is 11.8. The van der Waals surface area contributed by atoms with Crippen LogP contribution in [-0.2, 0) is 0 Å². The summed E-state index contributed by atoms with van der Waals surface area (Å²) in [6.45, 7) is 7.41. The summed E-state index contributed by atoms with van der Waals surface area (Å²) >= 11 is 0. The molecular weight excluding hydrogens is 264 g/mol. The molecule has 0 amide bonds. The van der Waals surface area contributed by atoms with Gasteiger partial charge in [0.2, 0.25) is 0 Å². The van der Waals surface area contributed by atoms with E-state index in [4.69, 9.17) is 4.98 Å². The van der Waals surface area contributed by atoms with Gasteiger partial charge in [-0.1, -0.05) is 13.8 Å². The molecule has 1 saturated carbocycles. The van der Waals surface area contributed by atoms with Gasteiger partial charge in [0, 0.05) is 37.7 Å². The molecule has 1 aromatic rings. The number of aliphatic hydroxyl groups excluding tert-OH is 1. The third-order valence-electron chi connectivity index (χ3n) is 4.24. The van der Waals surface area contributed by atoms with Crippen LogP contribution in [0.2, 0.25) is 0 Å². The first kappa shape index (κ1) is 16.0. The molecule has 21 heavy (non-hydrogen) atoms. The van der Waals surface area contributed by atoms with E-state index in [1.54, 1.807) is 0 Å². The Hall–Kier alpha value is -1.36. The number of aromatic nitrogens is 2. The quantitative estimate of drug-likeness (QED) is 0.809. The van der Waals surface area contributed by atoms with Gasteiger partial charge in [0.25, 0.3) is 0 Å². The highest BCUT2D eigenvalue weighted by Gasteiger charge is 2.28. The molecule has 1 aliphatic rings. The van der Waals surface area contributed by atoms with Crippen molar-refractivity contribution >= 4 is 11.6 Å². The van der Waals surface area contributed by atoms with Crippen molar-refractivity contribution in [3.63, 3.8) is 0 Å². The summed E-state index contributed by atoms with van der Waals surface area (Å²) in [5, 5.41) is 12.4. The number of anilines is 2. The van der Waals surface area contributed by atoms with Gasteiger partial charge in [0.1, 0.15) is 17.5 Å². The smallest absolute Gasteiger partial charge is 0.137 e. The first-order chi connectivity index (χ1) is 10.1. The van der Waals surface area contributed by atoms with Crippen molar-refractivity contribution in [3.8, 4) is 0 Å². The molecule has 1 aromatic heterocycles. The monoisotopic (exact) mass is 292 g/mol. The van der Waals surface area contributed by atoms with Crippen molar-refractivity contribution in [2.45, 2.75) is 58.4 Å². The zero-order valence-electron chi connectivity index (χ0n) is 13.7. The lowest BCUT2D eigenvalue weighted by Gasteiger charge is -2.39. The summed E-state index contributed by atoms with van der Waals surface area (Å²) in [6, 6.07) is 0.565. The SMILES string of the molecule is CNc1nc(C(C)C)nc(N(CCCO)C2CCC2)c1C. The van der Waals surface area contributed by atoms with Crippen LogP contribution in [0.25, 0.3) is 0 Å². The van der Waals surface area contributed by atoms with Crippen molar-refractivity contribution in [3.05, 3.63) is 11.4 Å².